The number of rotatable bonds is 6. The second-order valence-electron chi connectivity index (χ2n) is 6.09. The summed E-state index contributed by atoms with van der Waals surface area (Å²) in [6, 6.07) is 17.2. The van der Waals surface area contributed by atoms with E-state index in [1.807, 2.05) is 30.3 Å². The van der Waals surface area contributed by atoms with E-state index in [0.717, 1.165) is 11.3 Å². The molecular formula is C20H21N3O3S. The molecule has 1 heterocycles. The molecule has 6 nitrogen and oxygen atoms in total. The van der Waals surface area contributed by atoms with Crippen LogP contribution in [0.3, 0.4) is 0 Å². The smallest absolute Gasteiger partial charge is 0.231 e. The van der Waals surface area contributed by atoms with E-state index in [2.05, 4.69) is 4.99 Å². The van der Waals surface area contributed by atoms with Gasteiger partial charge in [-0.15, -0.1) is 0 Å². The van der Waals surface area contributed by atoms with Crippen LogP contribution in [0.4, 0.5) is 5.69 Å². The Morgan fingerprint density at radius 2 is 1.93 bits per heavy atom. The van der Waals surface area contributed by atoms with Gasteiger partial charge in [0.05, 0.1) is 18.0 Å². The van der Waals surface area contributed by atoms with Gasteiger partial charge in [0.15, 0.2) is 5.17 Å². The summed E-state index contributed by atoms with van der Waals surface area (Å²) in [6.45, 7) is 0.496. The normalized spacial score (nSPS) is 18.6. The van der Waals surface area contributed by atoms with Crippen molar-refractivity contribution in [3.63, 3.8) is 0 Å². The summed E-state index contributed by atoms with van der Waals surface area (Å²) < 4.78 is 5.15. The number of hydrogen-bond donors (Lipinski definition) is 1. The summed E-state index contributed by atoms with van der Waals surface area (Å²) >= 11 is 1.24. The van der Waals surface area contributed by atoms with E-state index in [0.29, 0.717) is 23.8 Å². The highest BCUT2D eigenvalue weighted by molar-refractivity contribution is 8.15. The average Bonchev–Trinajstić information content (AvgIpc) is 2.68. The Kier molecular flexibility index (Phi) is 6.13. The van der Waals surface area contributed by atoms with Crippen molar-refractivity contribution in [2.45, 2.75) is 18.1 Å². The predicted octanol–water partition coefficient (Wildman–Crippen LogP) is 2.74. The number of aliphatic imine (C=N–C) groups is 1. The van der Waals surface area contributed by atoms with Crippen molar-refractivity contribution in [2.75, 3.05) is 13.7 Å². The van der Waals surface area contributed by atoms with Crippen molar-refractivity contribution in [1.29, 1.82) is 0 Å². The van der Waals surface area contributed by atoms with Crippen LogP contribution in [-0.4, -0.2) is 40.8 Å². The van der Waals surface area contributed by atoms with Gasteiger partial charge in [0.25, 0.3) is 0 Å². The van der Waals surface area contributed by atoms with Gasteiger partial charge < -0.3 is 10.5 Å². The molecule has 2 N–H and O–H groups in total. The molecule has 27 heavy (non-hydrogen) atoms. The van der Waals surface area contributed by atoms with Crippen LogP contribution in [0.2, 0.25) is 0 Å². The summed E-state index contributed by atoms with van der Waals surface area (Å²) in [5.74, 6) is 0.0847. The van der Waals surface area contributed by atoms with Crippen LogP contribution >= 0.6 is 11.8 Å². The molecule has 2 aromatic carbocycles. The van der Waals surface area contributed by atoms with E-state index in [9.17, 15) is 9.59 Å². The second-order valence-corrected chi connectivity index (χ2v) is 7.26. The third-order valence-corrected chi connectivity index (χ3v) is 5.43. The minimum absolute atomic E-state index is 0.0937. The molecule has 0 aliphatic carbocycles. The molecule has 1 unspecified atom stereocenters. The quantitative estimate of drug-likeness (QED) is 0.831. The highest BCUT2D eigenvalue weighted by atomic mass is 32.2. The van der Waals surface area contributed by atoms with Crippen LogP contribution in [0.1, 0.15) is 12.0 Å². The number of nitrogens with two attached hydrogens (primary N) is 1. The Balaban J connectivity index is 1.84. The maximum atomic E-state index is 12.6. The molecule has 0 aromatic heterocycles. The zero-order valence-corrected chi connectivity index (χ0v) is 15.8. The number of benzene rings is 2. The van der Waals surface area contributed by atoms with Crippen LogP contribution in [0, 0.1) is 0 Å². The van der Waals surface area contributed by atoms with Gasteiger partial charge in [0, 0.05) is 13.0 Å². The van der Waals surface area contributed by atoms with Gasteiger partial charge in [0.1, 0.15) is 5.75 Å². The number of nitrogens with zero attached hydrogens (tertiary/aromatic N) is 2. The molecule has 0 radical (unpaired) electrons. The predicted molar refractivity (Wildman–Crippen MR) is 107 cm³/mol. The van der Waals surface area contributed by atoms with Gasteiger partial charge in [-0.25, -0.2) is 4.99 Å². The van der Waals surface area contributed by atoms with E-state index >= 15 is 0 Å². The standard InChI is InChI=1S/C20H21N3O3S/c1-26-16-9-7-15(8-10-16)22-20-23(12-11-14-5-3-2-4-6-14)18(24)13-17(27-20)19(21)25/h2-10,17H,11-13H2,1H3,(H2,21,25). The molecule has 0 saturated carbocycles. The van der Waals surface area contributed by atoms with E-state index in [1.165, 1.54) is 11.8 Å². The average molecular weight is 383 g/mol. The number of carbonyl (C=O) groups is 2. The van der Waals surface area contributed by atoms with Crippen molar-refractivity contribution in [2.24, 2.45) is 10.7 Å². The summed E-state index contributed by atoms with van der Waals surface area (Å²) in [5, 5.41) is -0.0985. The van der Waals surface area contributed by atoms with Crippen molar-refractivity contribution < 1.29 is 14.3 Å². The highest BCUT2D eigenvalue weighted by Gasteiger charge is 2.34. The number of amides is 2. The topological polar surface area (TPSA) is 85.0 Å². The van der Waals surface area contributed by atoms with Crippen LogP contribution in [0.15, 0.2) is 59.6 Å². The van der Waals surface area contributed by atoms with E-state index in [-0.39, 0.29) is 12.3 Å². The molecule has 2 amide bonds. The van der Waals surface area contributed by atoms with Crippen molar-refractivity contribution in [3.05, 3.63) is 60.2 Å². The largest absolute Gasteiger partial charge is 0.497 e. The molecule has 1 fully saturated rings. The van der Waals surface area contributed by atoms with Gasteiger partial charge in [-0.3, -0.25) is 14.5 Å². The fraction of sp³-hybridized carbons (Fsp3) is 0.250. The number of ether oxygens (including phenoxy) is 1. The van der Waals surface area contributed by atoms with Crippen LogP contribution in [0.5, 0.6) is 5.75 Å². The Hall–Kier alpha value is -2.80. The lowest BCUT2D eigenvalue weighted by atomic mass is 10.1. The van der Waals surface area contributed by atoms with E-state index in [1.54, 1.807) is 36.3 Å². The minimum atomic E-state index is -0.595. The molecule has 1 aliphatic rings. The number of methoxy groups -OCH3 is 1. The molecule has 1 atom stereocenters. The van der Waals surface area contributed by atoms with Gasteiger partial charge in [-0.1, -0.05) is 42.1 Å². The third kappa shape index (κ3) is 4.89. The number of primary amides is 1. The van der Waals surface area contributed by atoms with Crippen molar-refractivity contribution in [1.82, 2.24) is 4.90 Å². The molecule has 1 aliphatic heterocycles. The highest BCUT2D eigenvalue weighted by Crippen LogP contribution is 2.29. The first kappa shape index (κ1) is 19.0. The lowest BCUT2D eigenvalue weighted by Crippen LogP contribution is -2.46. The van der Waals surface area contributed by atoms with Gasteiger partial charge in [-0.2, -0.15) is 0 Å². The summed E-state index contributed by atoms with van der Waals surface area (Å²) in [6.07, 6.45) is 0.798. The monoisotopic (exact) mass is 383 g/mol. The fourth-order valence-corrected chi connectivity index (χ4v) is 3.80. The summed E-state index contributed by atoms with van der Waals surface area (Å²) in [5.41, 5.74) is 7.25. The molecule has 0 spiro atoms. The molecular weight excluding hydrogens is 362 g/mol. The Morgan fingerprint density at radius 1 is 1.22 bits per heavy atom. The first-order chi connectivity index (χ1) is 13.1. The minimum Gasteiger partial charge on any atom is -0.497 e. The molecule has 140 valence electrons. The van der Waals surface area contributed by atoms with E-state index in [4.69, 9.17) is 10.5 Å². The summed E-state index contributed by atoms with van der Waals surface area (Å²) in [4.78, 5) is 30.5. The molecule has 2 aromatic rings. The van der Waals surface area contributed by atoms with Gasteiger partial charge >= 0.3 is 0 Å². The summed E-state index contributed by atoms with van der Waals surface area (Å²) in [7, 11) is 1.60. The Labute approximate surface area is 162 Å². The van der Waals surface area contributed by atoms with Crippen molar-refractivity contribution in [3.8, 4) is 5.75 Å². The Bertz CT molecular complexity index is 837. The fourth-order valence-electron chi connectivity index (χ4n) is 2.73. The second kappa shape index (κ2) is 8.73. The van der Waals surface area contributed by atoms with Crippen LogP contribution in [-0.2, 0) is 16.0 Å². The third-order valence-electron chi connectivity index (χ3n) is 4.22. The first-order valence-electron chi connectivity index (χ1n) is 8.60. The lowest BCUT2D eigenvalue weighted by Gasteiger charge is -2.31. The van der Waals surface area contributed by atoms with Crippen molar-refractivity contribution >= 4 is 34.4 Å². The van der Waals surface area contributed by atoms with Crippen LogP contribution in [0.25, 0.3) is 0 Å². The Morgan fingerprint density at radius 3 is 2.56 bits per heavy atom. The molecule has 1 saturated heterocycles. The first-order valence-corrected chi connectivity index (χ1v) is 9.48. The van der Waals surface area contributed by atoms with Crippen LogP contribution < -0.4 is 10.5 Å². The SMILES string of the molecule is COc1ccc(N=C2SC(C(N)=O)CC(=O)N2CCc2ccccc2)cc1. The molecule has 0 bridgehead atoms. The van der Waals surface area contributed by atoms with Gasteiger partial charge in [0.2, 0.25) is 11.8 Å². The van der Waals surface area contributed by atoms with Gasteiger partial charge in [-0.05, 0) is 36.2 Å². The number of carbonyl (C=O) groups excluding carboxylic acids is 2. The number of amidine groups is 1. The lowest BCUT2D eigenvalue weighted by molar-refractivity contribution is -0.129. The van der Waals surface area contributed by atoms with E-state index < -0.39 is 11.2 Å². The zero-order chi connectivity index (χ0) is 19.2. The molecule has 7 heteroatoms. The zero-order valence-electron chi connectivity index (χ0n) is 15.0. The number of thioether (sulfide) groups is 1. The maximum absolute atomic E-state index is 12.6. The maximum Gasteiger partial charge on any atom is 0.231 e. The molecule has 3 rings (SSSR count). The number of hydrogen-bond acceptors (Lipinski definition) is 5.